The van der Waals surface area contributed by atoms with Gasteiger partial charge in [-0.15, -0.1) is 5.10 Å². The van der Waals surface area contributed by atoms with E-state index in [0.29, 0.717) is 16.7 Å². The molecule has 0 aliphatic rings. The van der Waals surface area contributed by atoms with Crippen LogP contribution in [0.25, 0.3) is 5.69 Å². The minimum atomic E-state index is -0.198. The number of rotatable bonds is 4. The molecule has 0 radical (unpaired) electrons. The molecule has 0 saturated carbocycles. The Labute approximate surface area is 110 Å². The molecule has 6 heteroatoms. The molecule has 2 aromatic rings. The Morgan fingerprint density at radius 3 is 2.89 bits per heavy atom. The van der Waals surface area contributed by atoms with Crippen LogP contribution in [0.5, 0.6) is 0 Å². The average molecular weight is 267 g/mol. The van der Waals surface area contributed by atoms with Gasteiger partial charge in [0.05, 0.1) is 5.69 Å². The quantitative estimate of drug-likeness (QED) is 0.921. The van der Waals surface area contributed by atoms with Crippen LogP contribution in [-0.2, 0) is 7.05 Å². The molecule has 0 amide bonds. The molecule has 0 spiro atoms. The van der Waals surface area contributed by atoms with Crippen LogP contribution in [0.4, 0.5) is 5.95 Å². The highest BCUT2D eigenvalue weighted by Crippen LogP contribution is 2.16. The van der Waals surface area contributed by atoms with Crippen molar-refractivity contribution in [3.05, 3.63) is 39.8 Å². The SMILES string of the molecule is CCCNc1nn(C)c(=O)n1-c1cccc(Cl)c1. The molecule has 0 bridgehead atoms. The van der Waals surface area contributed by atoms with E-state index in [2.05, 4.69) is 17.3 Å². The highest BCUT2D eigenvalue weighted by Gasteiger charge is 2.12. The number of halogens is 1. The first-order valence-electron chi connectivity index (χ1n) is 5.79. The molecule has 0 fully saturated rings. The molecule has 0 aliphatic carbocycles. The van der Waals surface area contributed by atoms with Crippen molar-refractivity contribution in [3.8, 4) is 5.69 Å². The summed E-state index contributed by atoms with van der Waals surface area (Å²) in [5.41, 5.74) is 0.509. The average Bonchev–Trinajstić information content (AvgIpc) is 2.62. The third-order valence-electron chi connectivity index (χ3n) is 2.52. The predicted octanol–water partition coefficient (Wildman–Crippen LogP) is 2.05. The van der Waals surface area contributed by atoms with Gasteiger partial charge >= 0.3 is 5.69 Å². The van der Waals surface area contributed by atoms with E-state index < -0.39 is 0 Å². The van der Waals surface area contributed by atoms with E-state index in [1.165, 1.54) is 9.25 Å². The lowest BCUT2D eigenvalue weighted by atomic mass is 10.3. The zero-order chi connectivity index (χ0) is 13.1. The van der Waals surface area contributed by atoms with Crippen molar-refractivity contribution in [1.82, 2.24) is 14.3 Å². The van der Waals surface area contributed by atoms with Crippen LogP contribution in [0, 0.1) is 0 Å². The summed E-state index contributed by atoms with van der Waals surface area (Å²) in [5.74, 6) is 0.534. The number of anilines is 1. The number of benzene rings is 1. The van der Waals surface area contributed by atoms with Crippen LogP contribution in [0.3, 0.4) is 0 Å². The van der Waals surface area contributed by atoms with Crippen molar-refractivity contribution in [2.24, 2.45) is 7.05 Å². The number of nitrogens with one attached hydrogen (secondary N) is 1. The highest BCUT2D eigenvalue weighted by molar-refractivity contribution is 6.30. The van der Waals surface area contributed by atoms with Crippen LogP contribution in [0.15, 0.2) is 29.1 Å². The van der Waals surface area contributed by atoms with Crippen molar-refractivity contribution in [2.45, 2.75) is 13.3 Å². The van der Waals surface area contributed by atoms with Crippen LogP contribution in [0.2, 0.25) is 5.02 Å². The standard InChI is InChI=1S/C12H15ClN4O/c1-3-7-14-11-15-16(2)12(18)17(11)10-6-4-5-9(13)8-10/h4-6,8H,3,7H2,1-2H3,(H,14,15). The van der Waals surface area contributed by atoms with Gasteiger partial charge in [-0.2, -0.15) is 0 Å². The van der Waals surface area contributed by atoms with E-state index in [-0.39, 0.29) is 5.69 Å². The second-order valence-corrected chi connectivity index (χ2v) is 4.41. The van der Waals surface area contributed by atoms with Crippen LogP contribution >= 0.6 is 11.6 Å². The molecule has 1 aromatic carbocycles. The van der Waals surface area contributed by atoms with E-state index in [4.69, 9.17) is 11.6 Å². The van der Waals surface area contributed by atoms with Gasteiger partial charge < -0.3 is 5.32 Å². The van der Waals surface area contributed by atoms with Crippen molar-refractivity contribution >= 4 is 17.5 Å². The zero-order valence-electron chi connectivity index (χ0n) is 10.4. The third kappa shape index (κ3) is 2.41. The maximum absolute atomic E-state index is 12.0. The van der Waals surface area contributed by atoms with E-state index in [9.17, 15) is 4.79 Å². The Balaban J connectivity index is 2.51. The van der Waals surface area contributed by atoms with Crippen LogP contribution in [-0.4, -0.2) is 20.9 Å². The molecule has 1 heterocycles. The molecule has 0 saturated heterocycles. The van der Waals surface area contributed by atoms with Crippen molar-refractivity contribution in [3.63, 3.8) is 0 Å². The lowest BCUT2D eigenvalue weighted by Crippen LogP contribution is -2.22. The van der Waals surface area contributed by atoms with Crippen molar-refractivity contribution in [1.29, 1.82) is 0 Å². The number of hydrogen-bond donors (Lipinski definition) is 1. The fraction of sp³-hybridized carbons (Fsp3) is 0.333. The van der Waals surface area contributed by atoms with E-state index in [0.717, 1.165) is 13.0 Å². The van der Waals surface area contributed by atoms with Gasteiger partial charge in [-0.05, 0) is 24.6 Å². The van der Waals surface area contributed by atoms with Crippen LogP contribution < -0.4 is 11.0 Å². The molecule has 0 atom stereocenters. The molecule has 1 N–H and O–H groups in total. The first kappa shape index (κ1) is 12.7. The largest absolute Gasteiger partial charge is 0.354 e. The zero-order valence-corrected chi connectivity index (χ0v) is 11.1. The number of hydrogen-bond acceptors (Lipinski definition) is 3. The summed E-state index contributed by atoms with van der Waals surface area (Å²) in [6.45, 7) is 2.81. The normalized spacial score (nSPS) is 10.6. The summed E-state index contributed by atoms with van der Waals surface area (Å²) in [6, 6.07) is 7.14. The summed E-state index contributed by atoms with van der Waals surface area (Å²) in [5, 5.41) is 7.88. The van der Waals surface area contributed by atoms with Crippen molar-refractivity contribution < 1.29 is 0 Å². The van der Waals surface area contributed by atoms with Gasteiger partial charge in [0.1, 0.15) is 0 Å². The predicted molar refractivity (Wildman–Crippen MR) is 72.6 cm³/mol. The third-order valence-corrected chi connectivity index (χ3v) is 2.76. The van der Waals surface area contributed by atoms with Crippen LogP contribution in [0.1, 0.15) is 13.3 Å². The molecule has 96 valence electrons. The summed E-state index contributed by atoms with van der Waals surface area (Å²) in [6.07, 6.45) is 0.959. The first-order chi connectivity index (χ1) is 8.63. The first-order valence-corrected chi connectivity index (χ1v) is 6.17. The molecular formula is C12H15ClN4O. The van der Waals surface area contributed by atoms with Gasteiger partial charge in [0.15, 0.2) is 0 Å². The highest BCUT2D eigenvalue weighted by atomic mass is 35.5. The van der Waals surface area contributed by atoms with Gasteiger partial charge in [-0.1, -0.05) is 24.6 Å². The maximum atomic E-state index is 12.0. The second-order valence-electron chi connectivity index (χ2n) is 3.97. The van der Waals surface area contributed by atoms with E-state index in [1.54, 1.807) is 25.2 Å². The smallest absolute Gasteiger partial charge is 0.351 e. The number of aromatic nitrogens is 3. The van der Waals surface area contributed by atoms with E-state index in [1.807, 2.05) is 6.07 Å². The number of nitrogens with zero attached hydrogens (tertiary/aromatic N) is 3. The van der Waals surface area contributed by atoms with Gasteiger partial charge in [0, 0.05) is 18.6 Å². The Morgan fingerprint density at radius 2 is 2.22 bits per heavy atom. The minimum absolute atomic E-state index is 0.198. The molecule has 0 unspecified atom stereocenters. The molecular weight excluding hydrogens is 252 g/mol. The van der Waals surface area contributed by atoms with E-state index >= 15 is 0 Å². The Kier molecular flexibility index (Phi) is 3.72. The summed E-state index contributed by atoms with van der Waals surface area (Å²) in [7, 11) is 1.63. The summed E-state index contributed by atoms with van der Waals surface area (Å²) in [4.78, 5) is 12.0. The molecule has 0 aliphatic heterocycles. The minimum Gasteiger partial charge on any atom is -0.354 e. The summed E-state index contributed by atoms with van der Waals surface area (Å²) < 4.78 is 2.82. The second kappa shape index (κ2) is 5.27. The van der Waals surface area contributed by atoms with Gasteiger partial charge in [0.25, 0.3) is 0 Å². The fourth-order valence-electron chi connectivity index (χ4n) is 1.66. The monoisotopic (exact) mass is 266 g/mol. The Morgan fingerprint density at radius 1 is 1.44 bits per heavy atom. The Hall–Kier alpha value is -1.75. The Bertz CT molecular complexity index is 602. The van der Waals surface area contributed by atoms with Gasteiger partial charge in [-0.25, -0.2) is 14.0 Å². The topological polar surface area (TPSA) is 51.9 Å². The molecule has 5 nitrogen and oxygen atoms in total. The lowest BCUT2D eigenvalue weighted by Gasteiger charge is -2.07. The molecule has 18 heavy (non-hydrogen) atoms. The summed E-state index contributed by atoms with van der Waals surface area (Å²) >= 11 is 5.95. The number of aryl methyl sites for hydroxylation is 1. The van der Waals surface area contributed by atoms with Crippen molar-refractivity contribution in [2.75, 3.05) is 11.9 Å². The maximum Gasteiger partial charge on any atom is 0.351 e. The van der Waals surface area contributed by atoms with Gasteiger partial charge in [0.2, 0.25) is 5.95 Å². The fourth-order valence-corrected chi connectivity index (χ4v) is 1.85. The van der Waals surface area contributed by atoms with Gasteiger partial charge in [-0.3, -0.25) is 0 Å². The lowest BCUT2D eigenvalue weighted by molar-refractivity contribution is 0.726. The molecule has 1 aromatic heterocycles. The molecule has 2 rings (SSSR count).